The average Bonchev–Trinajstić information content (AvgIpc) is 3.15. The van der Waals surface area contributed by atoms with Crippen LogP contribution in [-0.4, -0.2) is 19.9 Å². The maximum absolute atomic E-state index is 4.39. The predicted octanol–water partition coefficient (Wildman–Crippen LogP) is 2.81. The van der Waals surface area contributed by atoms with Gasteiger partial charge in [-0.2, -0.15) is 0 Å². The van der Waals surface area contributed by atoms with E-state index in [9.17, 15) is 0 Å². The van der Waals surface area contributed by atoms with Crippen molar-refractivity contribution < 1.29 is 4.57 Å². The minimum atomic E-state index is 0.595. The van der Waals surface area contributed by atoms with E-state index in [0.29, 0.717) is 12.5 Å². The van der Waals surface area contributed by atoms with Crippen LogP contribution in [0.1, 0.15) is 11.3 Å². The molecule has 0 saturated heterocycles. The van der Waals surface area contributed by atoms with Crippen LogP contribution in [0.3, 0.4) is 0 Å². The van der Waals surface area contributed by atoms with Crippen molar-refractivity contribution in [3.8, 4) is 11.3 Å². The van der Waals surface area contributed by atoms with Gasteiger partial charge in [0.05, 0.1) is 12.2 Å². The van der Waals surface area contributed by atoms with Crippen molar-refractivity contribution in [2.24, 2.45) is 0 Å². The zero-order chi connectivity index (χ0) is 17.6. The first-order valence-corrected chi connectivity index (χ1v) is 8.45. The van der Waals surface area contributed by atoms with E-state index in [0.717, 1.165) is 23.5 Å². The second kappa shape index (κ2) is 7.57. The monoisotopic (exact) mass is 343 g/mol. The lowest BCUT2D eigenvalue weighted by Crippen LogP contribution is -2.37. The Morgan fingerprint density at radius 2 is 1.73 bits per heavy atom. The van der Waals surface area contributed by atoms with Crippen LogP contribution in [0, 0.1) is 0 Å². The van der Waals surface area contributed by atoms with Crippen molar-refractivity contribution in [1.29, 1.82) is 0 Å². The molecule has 128 valence electrons. The van der Waals surface area contributed by atoms with Crippen molar-refractivity contribution in [1.82, 2.24) is 19.9 Å². The quantitative estimate of drug-likeness (QED) is 0.528. The largest absolute Gasteiger partial charge is 0.346 e. The third-order valence-electron chi connectivity index (χ3n) is 4.09. The molecule has 3 heterocycles. The number of hydrogen-bond donors (Lipinski definition) is 2. The normalized spacial score (nSPS) is 10.6. The maximum atomic E-state index is 4.39. The summed E-state index contributed by atoms with van der Waals surface area (Å²) in [4.78, 5) is 16.2. The Balaban J connectivity index is 1.41. The molecule has 2 N–H and O–H groups in total. The van der Waals surface area contributed by atoms with Crippen molar-refractivity contribution in [2.45, 2.75) is 13.1 Å². The second-order valence-corrected chi connectivity index (χ2v) is 5.91. The lowest BCUT2D eigenvalue weighted by molar-refractivity contribution is -0.693. The first-order valence-electron chi connectivity index (χ1n) is 8.45. The number of hydrogen-bond acceptors (Lipinski definition) is 4. The zero-order valence-corrected chi connectivity index (χ0v) is 14.2. The first-order chi connectivity index (χ1) is 12.9. The molecular weight excluding hydrogens is 324 g/mol. The number of anilines is 1. The summed E-state index contributed by atoms with van der Waals surface area (Å²) < 4.78 is 2.17. The number of rotatable bonds is 6. The molecule has 4 rings (SSSR count). The highest BCUT2D eigenvalue weighted by atomic mass is 15.1. The van der Waals surface area contributed by atoms with E-state index in [1.54, 1.807) is 18.6 Å². The van der Waals surface area contributed by atoms with Crippen molar-refractivity contribution in [3.05, 3.63) is 90.9 Å². The number of nitrogens with zero attached hydrogens (tertiary/aromatic N) is 4. The number of aromatic nitrogens is 5. The van der Waals surface area contributed by atoms with Crippen LogP contribution in [0.25, 0.3) is 11.3 Å². The van der Waals surface area contributed by atoms with Crippen LogP contribution >= 0.6 is 0 Å². The van der Waals surface area contributed by atoms with Gasteiger partial charge in [-0.25, -0.2) is 19.5 Å². The van der Waals surface area contributed by atoms with E-state index in [2.05, 4.69) is 54.1 Å². The third kappa shape index (κ3) is 3.75. The minimum Gasteiger partial charge on any atom is -0.346 e. The van der Waals surface area contributed by atoms with E-state index in [-0.39, 0.29) is 0 Å². The molecule has 0 aliphatic carbocycles. The lowest BCUT2D eigenvalue weighted by Gasteiger charge is -2.05. The van der Waals surface area contributed by atoms with Gasteiger partial charge in [-0.3, -0.25) is 4.98 Å². The number of nitrogens with one attached hydrogen (secondary N) is 2. The predicted molar refractivity (Wildman–Crippen MR) is 99.1 cm³/mol. The Bertz CT molecular complexity index is 949. The molecule has 0 aliphatic rings. The molecule has 0 spiro atoms. The SMILES string of the molecule is c1ccc(C[n+]2c[nH]cc2CNc2ncc(-c3ccccn3)cn2)cc1. The fraction of sp³-hybridized carbons (Fsp3) is 0.100. The zero-order valence-electron chi connectivity index (χ0n) is 14.2. The molecule has 0 amide bonds. The number of aromatic amines is 1. The topological polar surface area (TPSA) is 70.4 Å². The van der Waals surface area contributed by atoms with Crippen molar-refractivity contribution in [2.75, 3.05) is 5.32 Å². The van der Waals surface area contributed by atoms with E-state index in [1.807, 2.05) is 36.8 Å². The standard InChI is InChI=1S/C20H18N6/c1-2-6-16(7-3-1)14-26-15-21-12-18(26)13-25-20-23-10-17(11-24-20)19-8-4-5-9-22-19/h1-12,15H,13-14H2,(H,22,23,24,25)/p+1. The summed E-state index contributed by atoms with van der Waals surface area (Å²) in [7, 11) is 0. The number of pyridine rings is 1. The second-order valence-electron chi connectivity index (χ2n) is 5.91. The fourth-order valence-electron chi connectivity index (χ4n) is 2.72. The van der Waals surface area contributed by atoms with Gasteiger partial charge in [0.2, 0.25) is 12.3 Å². The van der Waals surface area contributed by atoms with Gasteiger partial charge in [0.15, 0.2) is 5.69 Å². The summed E-state index contributed by atoms with van der Waals surface area (Å²) in [6.45, 7) is 1.46. The van der Waals surface area contributed by atoms with Crippen LogP contribution in [0.5, 0.6) is 0 Å². The molecule has 1 aromatic carbocycles. The van der Waals surface area contributed by atoms with Crippen LogP contribution in [-0.2, 0) is 13.1 Å². The van der Waals surface area contributed by atoms with Gasteiger partial charge in [-0.1, -0.05) is 36.4 Å². The molecule has 0 aliphatic heterocycles. The number of benzene rings is 1. The Morgan fingerprint density at radius 1 is 0.923 bits per heavy atom. The van der Waals surface area contributed by atoms with Crippen LogP contribution < -0.4 is 9.88 Å². The van der Waals surface area contributed by atoms with E-state index in [1.165, 1.54) is 5.56 Å². The smallest absolute Gasteiger partial charge is 0.242 e. The van der Waals surface area contributed by atoms with Crippen LogP contribution in [0.2, 0.25) is 0 Å². The molecule has 4 aromatic rings. The number of H-pyrrole nitrogens is 1. The minimum absolute atomic E-state index is 0.595. The Kier molecular flexibility index (Phi) is 4.64. The first kappa shape index (κ1) is 16.0. The molecule has 0 radical (unpaired) electrons. The van der Waals surface area contributed by atoms with Gasteiger partial charge in [-0.05, 0) is 17.7 Å². The van der Waals surface area contributed by atoms with Gasteiger partial charge in [0.25, 0.3) is 0 Å². The molecule has 26 heavy (non-hydrogen) atoms. The molecule has 0 fully saturated rings. The molecule has 3 aromatic heterocycles. The van der Waals surface area contributed by atoms with Gasteiger partial charge in [-0.15, -0.1) is 0 Å². The Hall–Kier alpha value is -3.54. The molecule has 0 saturated carbocycles. The van der Waals surface area contributed by atoms with E-state index < -0.39 is 0 Å². The fourth-order valence-corrected chi connectivity index (χ4v) is 2.72. The van der Waals surface area contributed by atoms with Crippen LogP contribution in [0.4, 0.5) is 5.95 Å². The molecule has 0 bridgehead atoms. The van der Waals surface area contributed by atoms with Gasteiger partial charge in [0.1, 0.15) is 12.7 Å². The highest BCUT2D eigenvalue weighted by molar-refractivity contribution is 5.56. The molecule has 0 atom stereocenters. The Labute approximate surface area is 151 Å². The van der Waals surface area contributed by atoms with Crippen molar-refractivity contribution >= 4 is 5.95 Å². The summed E-state index contributed by atoms with van der Waals surface area (Å²) in [5, 5.41) is 3.27. The lowest BCUT2D eigenvalue weighted by atomic mass is 10.2. The van der Waals surface area contributed by atoms with Gasteiger partial charge < -0.3 is 5.32 Å². The maximum Gasteiger partial charge on any atom is 0.242 e. The molecule has 6 heteroatoms. The molecule has 0 unspecified atom stereocenters. The molecular formula is C20H19N6+. The third-order valence-corrected chi connectivity index (χ3v) is 4.09. The summed E-state index contributed by atoms with van der Waals surface area (Å²) in [5.41, 5.74) is 4.16. The summed E-state index contributed by atoms with van der Waals surface area (Å²) in [6, 6.07) is 16.2. The van der Waals surface area contributed by atoms with Crippen LogP contribution in [0.15, 0.2) is 79.6 Å². The number of imidazole rings is 1. The summed E-state index contributed by atoms with van der Waals surface area (Å²) >= 11 is 0. The van der Waals surface area contributed by atoms with Gasteiger partial charge >= 0.3 is 0 Å². The van der Waals surface area contributed by atoms with E-state index >= 15 is 0 Å². The highest BCUT2D eigenvalue weighted by Gasteiger charge is 2.10. The Morgan fingerprint density at radius 3 is 2.50 bits per heavy atom. The summed E-state index contributed by atoms with van der Waals surface area (Å²) in [6.07, 6.45) is 9.28. The van der Waals surface area contributed by atoms with Crippen molar-refractivity contribution in [3.63, 3.8) is 0 Å². The summed E-state index contributed by atoms with van der Waals surface area (Å²) in [5.74, 6) is 0.595. The van der Waals surface area contributed by atoms with Gasteiger partial charge in [0, 0.05) is 24.2 Å². The highest BCUT2D eigenvalue weighted by Crippen LogP contribution is 2.14. The average molecular weight is 343 g/mol. The van der Waals surface area contributed by atoms with E-state index in [4.69, 9.17) is 0 Å². The molecule has 6 nitrogen and oxygen atoms in total.